The standard InChI is InChI=1S/C12H21N3S/c13-11(15-10-1-2-10)14-8-9-7-12(9)3-5-16-6-4-12/h9-10H,1-8H2,(H3,13,14,15). The van der Waals surface area contributed by atoms with Crippen LogP contribution in [0.4, 0.5) is 0 Å². The summed E-state index contributed by atoms with van der Waals surface area (Å²) in [5, 5.41) is 3.25. The van der Waals surface area contributed by atoms with E-state index in [4.69, 9.17) is 5.73 Å². The van der Waals surface area contributed by atoms with Gasteiger partial charge in [0.1, 0.15) is 0 Å². The summed E-state index contributed by atoms with van der Waals surface area (Å²) < 4.78 is 0. The third-order valence-electron chi connectivity index (χ3n) is 4.26. The van der Waals surface area contributed by atoms with Crippen molar-refractivity contribution in [3.63, 3.8) is 0 Å². The molecule has 0 radical (unpaired) electrons. The summed E-state index contributed by atoms with van der Waals surface area (Å²) in [6, 6.07) is 0.628. The molecule has 3 fully saturated rings. The maximum absolute atomic E-state index is 5.84. The van der Waals surface area contributed by atoms with Gasteiger partial charge in [0, 0.05) is 12.6 Å². The van der Waals surface area contributed by atoms with E-state index in [1.54, 1.807) is 0 Å². The van der Waals surface area contributed by atoms with Crippen LogP contribution in [0.25, 0.3) is 0 Å². The maximum atomic E-state index is 5.84. The molecule has 2 aliphatic carbocycles. The van der Waals surface area contributed by atoms with Crippen molar-refractivity contribution < 1.29 is 0 Å². The molecule has 0 amide bonds. The summed E-state index contributed by atoms with van der Waals surface area (Å²) in [5.74, 6) is 4.22. The zero-order valence-electron chi connectivity index (χ0n) is 9.74. The Balaban J connectivity index is 1.45. The van der Waals surface area contributed by atoms with Crippen LogP contribution in [-0.2, 0) is 0 Å². The molecule has 3 rings (SSSR count). The normalized spacial score (nSPS) is 32.8. The summed E-state index contributed by atoms with van der Waals surface area (Å²) in [6.07, 6.45) is 6.75. The Morgan fingerprint density at radius 3 is 2.81 bits per heavy atom. The van der Waals surface area contributed by atoms with E-state index in [0.29, 0.717) is 17.4 Å². The fraction of sp³-hybridized carbons (Fsp3) is 0.917. The molecule has 0 bridgehead atoms. The minimum Gasteiger partial charge on any atom is -0.370 e. The number of rotatable bonds is 3. The van der Waals surface area contributed by atoms with Crippen LogP contribution in [0, 0.1) is 11.3 Å². The fourth-order valence-electron chi connectivity index (χ4n) is 2.77. The van der Waals surface area contributed by atoms with Gasteiger partial charge in [-0.15, -0.1) is 0 Å². The molecule has 90 valence electrons. The SMILES string of the molecule is NC(=NCC1CC12CCSCC2)NC1CC1. The second-order valence-electron chi connectivity index (χ2n) is 5.52. The van der Waals surface area contributed by atoms with E-state index in [2.05, 4.69) is 22.1 Å². The van der Waals surface area contributed by atoms with Crippen molar-refractivity contribution in [3.05, 3.63) is 0 Å². The van der Waals surface area contributed by atoms with Crippen LogP contribution in [-0.4, -0.2) is 30.1 Å². The Hall–Kier alpha value is -0.380. The molecule has 1 spiro atoms. The van der Waals surface area contributed by atoms with Gasteiger partial charge in [-0.1, -0.05) is 0 Å². The lowest BCUT2D eigenvalue weighted by atomic mass is 9.96. The Morgan fingerprint density at radius 1 is 1.38 bits per heavy atom. The first-order valence-electron chi connectivity index (χ1n) is 6.43. The summed E-state index contributed by atoms with van der Waals surface area (Å²) in [5.41, 5.74) is 6.52. The number of nitrogens with zero attached hydrogens (tertiary/aromatic N) is 1. The van der Waals surface area contributed by atoms with Gasteiger partial charge in [-0.05, 0) is 54.9 Å². The summed E-state index contributed by atoms with van der Waals surface area (Å²) >= 11 is 2.11. The van der Waals surface area contributed by atoms with E-state index < -0.39 is 0 Å². The van der Waals surface area contributed by atoms with Gasteiger partial charge in [-0.25, -0.2) is 0 Å². The highest BCUT2D eigenvalue weighted by molar-refractivity contribution is 7.99. The van der Waals surface area contributed by atoms with Gasteiger partial charge in [0.25, 0.3) is 0 Å². The van der Waals surface area contributed by atoms with E-state index >= 15 is 0 Å². The van der Waals surface area contributed by atoms with E-state index in [1.807, 2.05) is 0 Å². The Morgan fingerprint density at radius 2 is 2.12 bits per heavy atom. The molecule has 3 N–H and O–H groups in total. The molecular weight excluding hydrogens is 218 g/mol. The van der Waals surface area contributed by atoms with Crippen molar-refractivity contribution in [2.45, 2.75) is 38.1 Å². The number of nitrogens with two attached hydrogens (primary N) is 1. The lowest BCUT2D eigenvalue weighted by Gasteiger charge is -2.21. The number of thioether (sulfide) groups is 1. The first kappa shape index (κ1) is 10.8. The van der Waals surface area contributed by atoms with Crippen LogP contribution in [0.2, 0.25) is 0 Å². The van der Waals surface area contributed by atoms with Crippen molar-refractivity contribution in [2.24, 2.45) is 22.1 Å². The minimum atomic E-state index is 0.628. The summed E-state index contributed by atoms with van der Waals surface area (Å²) in [6.45, 7) is 0.955. The molecule has 3 aliphatic rings. The number of guanidine groups is 1. The molecule has 0 aromatic heterocycles. The van der Waals surface area contributed by atoms with Crippen LogP contribution < -0.4 is 11.1 Å². The molecule has 2 saturated carbocycles. The molecule has 0 aromatic rings. The average molecular weight is 239 g/mol. The molecule has 1 atom stereocenters. The highest BCUT2D eigenvalue weighted by Crippen LogP contribution is 2.60. The third kappa shape index (κ3) is 2.31. The molecule has 1 unspecified atom stereocenters. The van der Waals surface area contributed by atoms with Crippen molar-refractivity contribution in [3.8, 4) is 0 Å². The number of hydrogen-bond donors (Lipinski definition) is 2. The second-order valence-corrected chi connectivity index (χ2v) is 6.75. The zero-order chi connectivity index (χ0) is 11.0. The lowest BCUT2D eigenvalue weighted by Crippen LogP contribution is -2.33. The lowest BCUT2D eigenvalue weighted by molar-refractivity contribution is 0.422. The van der Waals surface area contributed by atoms with Crippen LogP contribution in [0.15, 0.2) is 4.99 Å². The van der Waals surface area contributed by atoms with Gasteiger partial charge >= 0.3 is 0 Å². The van der Waals surface area contributed by atoms with Crippen LogP contribution in [0.3, 0.4) is 0 Å². The Labute approximate surface area is 102 Å². The second kappa shape index (κ2) is 4.13. The largest absolute Gasteiger partial charge is 0.370 e. The molecule has 1 saturated heterocycles. The smallest absolute Gasteiger partial charge is 0.188 e. The number of hydrogen-bond acceptors (Lipinski definition) is 2. The van der Waals surface area contributed by atoms with Gasteiger partial charge in [0.15, 0.2) is 5.96 Å². The quantitative estimate of drug-likeness (QED) is 0.581. The van der Waals surface area contributed by atoms with E-state index in [9.17, 15) is 0 Å². The molecule has 4 heteroatoms. The van der Waals surface area contributed by atoms with Gasteiger partial charge in [0.05, 0.1) is 0 Å². The molecule has 1 aliphatic heterocycles. The fourth-order valence-corrected chi connectivity index (χ4v) is 4.08. The van der Waals surface area contributed by atoms with Crippen LogP contribution in [0.1, 0.15) is 32.1 Å². The topological polar surface area (TPSA) is 50.4 Å². The van der Waals surface area contributed by atoms with E-state index in [-0.39, 0.29) is 0 Å². The van der Waals surface area contributed by atoms with Crippen molar-refractivity contribution in [1.29, 1.82) is 0 Å². The van der Waals surface area contributed by atoms with Crippen molar-refractivity contribution >= 4 is 17.7 Å². The Kier molecular flexibility index (Phi) is 2.78. The first-order chi connectivity index (χ1) is 7.78. The minimum absolute atomic E-state index is 0.628. The number of aliphatic imine (C=N–C) groups is 1. The van der Waals surface area contributed by atoms with Crippen molar-refractivity contribution in [1.82, 2.24) is 5.32 Å². The number of nitrogens with one attached hydrogen (secondary N) is 1. The van der Waals surface area contributed by atoms with Gasteiger partial charge in [-0.2, -0.15) is 11.8 Å². The van der Waals surface area contributed by atoms with Crippen LogP contribution in [0.5, 0.6) is 0 Å². The van der Waals surface area contributed by atoms with Gasteiger partial charge in [0.2, 0.25) is 0 Å². The molecule has 16 heavy (non-hydrogen) atoms. The average Bonchev–Trinajstić information content (AvgIpc) is 3.17. The third-order valence-corrected chi connectivity index (χ3v) is 5.24. The maximum Gasteiger partial charge on any atom is 0.188 e. The molecule has 1 heterocycles. The monoisotopic (exact) mass is 239 g/mol. The zero-order valence-corrected chi connectivity index (χ0v) is 10.6. The van der Waals surface area contributed by atoms with Gasteiger partial charge < -0.3 is 11.1 Å². The van der Waals surface area contributed by atoms with E-state index in [0.717, 1.165) is 12.5 Å². The summed E-state index contributed by atoms with van der Waals surface area (Å²) in [4.78, 5) is 4.49. The van der Waals surface area contributed by atoms with Gasteiger partial charge in [-0.3, -0.25) is 4.99 Å². The van der Waals surface area contributed by atoms with E-state index in [1.165, 1.54) is 43.6 Å². The summed E-state index contributed by atoms with van der Waals surface area (Å²) in [7, 11) is 0. The Bertz CT molecular complexity index is 293. The molecular formula is C12H21N3S. The van der Waals surface area contributed by atoms with Crippen LogP contribution >= 0.6 is 11.8 Å². The molecule has 3 nitrogen and oxygen atoms in total. The highest BCUT2D eigenvalue weighted by Gasteiger charge is 2.53. The predicted octanol–water partition coefficient (Wildman–Crippen LogP) is 1.59. The molecule has 0 aromatic carbocycles. The first-order valence-corrected chi connectivity index (χ1v) is 7.58. The predicted molar refractivity (Wildman–Crippen MR) is 69.7 cm³/mol. The van der Waals surface area contributed by atoms with Crippen molar-refractivity contribution in [2.75, 3.05) is 18.1 Å². The highest BCUT2D eigenvalue weighted by atomic mass is 32.2.